The van der Waals surface area contributed by atoms with Crippen LogP contribution in [0.4, 0.5) is 10.8 Å². The number of aryl methyl sites for hydroxylation is 2. The van der Waals surface area contributed by atoms with Crippen molar-refractivity contribution in [1.29, 1.82) is 0 Å². The summed E-state index contributed by atoms with van der Waals surface area (Å²) in [5.74, 6) is 0.152. The molecule has 0 aliphatic carbocycles. The third-order valence-electron chi connectivity index (χ3n) is 4.02. The number of anilines is 2. The quantitative estimate of drug-likeness (QED) is 0.576. The molecule has 0 fully saturated rings. The van der Waals surface area contributed by atoms with E-state index < -0.39 is 15.9 Å². The van der Waals surface area contributed by atoms with Gasteiger partial charge in [-0.1, -0.05) is 29.0 Å². The van der Waals surface area contributed by atoms with Crippen molar-refractivity contribution in [1.82, 2.24) is 4.98 Å². The van der Waals surface area contributed by atoms with E-state index in [1.807, 2.05) is 6.92 Å². The third-order valence-corrected chi connectivity index (χ3v) is 6.99. The van der Waals surface area contributed by atoms with Crippen molar-refractivity contribution in [3.63, 3.8) is 0 Å². The Kier molecular flexibility index (Phi) is 6.11. The minimum Gasteiger partial charge on any atom is -0.497 e. The number of sulfonamides is 1. The molecule has 29 heavy (non-hydrogen) atoms. The monoisotopic (exact) mass is 451 g/mol. The number of rotatable bonds is 6. The van der Waals surface area contributed by atoms with Crippen LogP contribution in [0.5, 0.6) is 5.75 Å². The average Bonchev–Trinajstić information content (AvgIpc) is 3.04. The van der Waals surface area contributed by atoms with Gasteiger partial charge in [-0.3, -0.25) is 9.52 Å². The van der Waals surface area contributed by atoms with Crippen molar-refractivity contribution >= 4 is 49.7 Å². The van der Waals surface area contributed by atoms with E-state index in [9.17, 15) is 13.2 Å². The topological polar surface area (TPSA) is 97.4 Å². The molecule has 0 aliphatic rings. The first kappa shape index (κ1) is 21.1. The van der Waals surface area contributed by atoms with E-state index in [2.05, 4.69) is 15.0 Å². The molecule has 0 unspecified atom stereocenters. The molecule has 2 N–H and O–H groups in total. The number of nitrogens with one attached hydrogen (secondary N) is 2. The van der Waals surface area contributed by atoms with Gasteiger partial charge in [-0.15, -0.1) is 0 Å². The SMILES string of the molecule is COc1ccc(S(=O)(=O)Nc2nc(C)c(C(=O)Nc3ccc(C)c(Cl)c3)s2)cc1. The lowest BCUT2D eigenvalue weighted by Gasteiger charge is -2.06. The van der Waals surface area contributed by atoms with Crippen LogP contribution in [0.25, 0.3) is 0 Å². The zero-order valence-electron chi connectivity index (χ0n) is 15.8. The van der Waals surface area contributed by atoms with Gasteiger partial charge in [0.25, 0.3) is 15.9 Å². The van der Waals surface area contributed by atoms with Gasteiger partial charge >= 0.3 is 0 Å². The summed E-state index contributed by atoms with van der Waals surface area (Å²) in [6, 6.07) is 11.1. The first-order valence-corrected chi connectivity index (χ1v) is 11.1. The largest absolute Gasteiger partial charge is 0.497 e. The first-order valence-electron chi connectivity index (χ1n) is 8.41. The summed E-state index contributed by atoms with van der Waals surface area (Å²) in [6.07, 6.45) is 0. The molecule has 0 saturated carbocycles. The lowest BCUT2D eigenvalue weighted by molar-refractivity contribution is 0.103. The molecule has 0 spiro atoms. The minimum atomic E-state index is -3.84. The summed E-state index contributed by atoms with van der Waals surface area (Å²) in [5.41, 5.74) is 1.85. The second-order valence-electron chi connectivity index (χ2n) is 6.13. The van der Waals surface area contributed by atoms with E-state index in [0.717, 1.165) is 16.9 Å². The third kappa shape index (κ3) is 4.87. The van der Waals surface area contributed by atoms with Crippen LogP contribution in [-0.4, -0.2) is 26.4 Å². The lowest BCUT2D eigenvalue weighted by atomic mass is 10.2. The van der Waals surface area contributed by atoms with Crippen molar-refractivity contribution in [3.05, 3.63) is 63.6 Å². The number of aromatic nitrogens is 1. The van der Waals surface area contributed by atoms with Crippen LogP contribution in [0.3, 0.4) is 0 Å². The zero-order chi connectivity index (χ0) is 21.2. The maximum absolute atomic E-state index is 12.6. The molecule has 0 radical (unpaired) electrons. The molecule has 7 nitrogen and oxygen atoms in total. The molecule has 0 atom stereocenters. The Labute approximate surface area is 177 Å². The smallest absolute Gasteiger partial charge is 0.267 e. The highest BCUT2D eigenvalue weighted by atomic mass is 35.5. The highest BCUT2D eigenvalue weighted by Crippen LogP contribution is 2.27. The van der Waals surface area contributed by atoms with Gasteiger partial charge in [0.1, 0.15) is 10.6 Å². The number of carbonyl (C=O) groups excluding carboxylic acids is 1. The average molecular weight is 452 g/mol. The molecule has 2 aromatic carbocycles. The summed E-state index contributed by atoms with van der Waals surface area (Å²) in [5, 5.41) is 3.38. The first-order chi connectivity index (χ1) is 13.7. The minimum absolute atomic E-state index is 0.0615. The Hall–Kier alpha value is -2.62. The molecular weight excluding hydrogens is 434 g/mol. The van der Waals surface area contributed by atoms with E-state index in [1.165, 1.54) is 19.2 Å². The van der Waals surface area contributed by atoms with Gasteiger partial charge in [0.05, 0.1) is 17.7 Å². The van der Waals surface area contributed by atoms with Gasteiger partial charge in [-0.25, -0.2) is 13.4 Å². The van der Waals surface area contributed by atoms with E-state index in [0.29, 0.717) is 27.0 Å². The molecule has 0 saturated heterocycles. The van der Waals surface area contributed by atoms with E-state index in [-0.39, 0.29) is 10.0 Å². The molecule has 3 rings (SSSR count). The molecule has 1 heterocycles. The van der Waals surface area contributed by atoms with Crippen LogP contribution in [0.15, 0.2) is 47.4 Å². The summed E-state index contributed by atoms with van der Waals surface area (Å²) in [6.45, 7) is 3.50. The molecular formula is C19H18ClN3O4S2. The molecule has 1 aromatic heterocycles. The normalized spacial score (nSPS) is 11.2. The summed E-state index contributed by atoms with van der Waals surface area (Å²) in [7, 11) is -2.35. The predicted octanol–water partition coefficient (Wildman–Crippen LogP) is 4.48. The number of nitrogens with zero attached hydrogens (tertiary/aromatic N) is 1. The Bertz CT molecular complexity index is 1160. The number of amides is 1. The number of carbonyl (C=O) groups is 1. The highest BCUT2D eigenvalue weighted by molar-refractivity contribution is 7.93. The molecule has 1 amide bonds. The zero-order valence-corrected chi connectivity index (χ0v) is 18.2. The number of ether oxygens (including phenoxy) is 1. The van der Waals surface area contributed by atoms with E-state index in [4.69, 9.17) is 16.3 Å². The highest BCUT2D eigenvalue weighted by Gasteiger charge is 2.20. The number of benzene rings is 2. The van der Waals surface area contributed by atoms with Crippen molar-refractivity contribution in [2.45, 2.75) is 18.7 Å². The Morgan fingerprint density at radius 2 is 1.83 bits per heavy atom. The fraction of sp³-hybridized carbons (Fsp3) is 0.158. The van der Waals surface area contributed by atoms with Crippen molar-refractivity contribution in [2.75, 3.05) is 17.1 Å². The van der Waals surface area contributed by atoms with Crippen molar-refractivity contribution < 1.29 is 17.9 Å². The molecule has 3 aromatic rings. The van der Waals surface area contributed by atoms with Crippen LogP contribution < -0.4 is 14.8 Å². The summed E-state index contributed by atoms with van der Waals surface area (Å²) < 4.78 is 32.5. The van der Waals surface area contributed by atoms with E-state index in [1.54, 1.807) is 37.3 Å². The Balaban J connectivity index is 1.78. The number of halogens is 1. The van der Waals surface area contributed by atoms with Gasteiger partial charge in [0.15, 0.2) is 5.13 Å². The fourth-order valence-electron chi connectivity index (χ4n) is 2.44. The van der Waals surface area contributed by atoms with Crippen molar-refractivity contribution in [2.24, 2.45) is 0 Å². The number of methoxy groups -OCH3 is 1. The standard InChI is InChI=1S/C19H18ClN3O4S2/c1-11-4-5-13(10-16(11)20)22-18(24)17-12(2)21-19(28-17)23-29(25,26)15-8-6-14(27-3)7-9-15/h4-10H,1-3H3,(H,21,23)(H,22,24). The molecule has 0 aliphatic heterocycles. The Morgan fingerprint density at radius 1 is 1.14 bits per heavy atom. The van der Waals surface area contributed by atoms with Crippen LogP contribution in [0, 0.1) is 13.8 Å². The maximum Gasteiger partial charge on any atom is 0.267 e. The van der Waals surface area contributed by atoms with Gasteiger partial charge in [0, 0.05) is 10.7 Å². The number of hydrogen-bond donors (Lipinski definition) is 2. The Morgan fingerprint density at radius 3 is 2.45 bits per heavy atom. The van der Waals surface area contributed by atoms with Gasteiger partial charge < -0.3 is 10.1 Å². The predicted molar refractivity (Wildman–Crippen MR) is 115 cm³/mol. The second kappa shape index (κ2) is 8.40. The molecule has 0 bridgehead atoms. The van der Waals surface area contributed by atoms with Crippen LogP contribution in [0.2, 0.25) is 5.02 Å². The van der Waals surface area contributed by atoms with Crippen molar-refractivity contribution in [3.8, 4) is 5.75 Å². The second-order valence-corrected chi connectivity index (χ2v) is 9.22. The molecule has 152 valence electrons. The maximum atomic E-state index is 12.6. The molecule has 10 heteroatoms. The number of hydrogen-bond acceptors (Lipinski definition) is 6. The van der Waals surface area contributed by atoms with Gasteiger partial charge in [-0.2, -0.15) is 0 Å². The lowest BCUT2D eigenvalue weighted by Crippen LogP contribution is -2.12. The van der Waals surface area contributed by atoms with Crippen LogP contribution >= 0.6 is 22.9 Å². The van der Waals surface area contributed by atoms with Gasteiger partial charge in [0.2, 0.25) is 0 Å². The van der Waals surface area contributed by atoms with E-state index >= 15 is 0 Å². The summed E-state index contributed by atoms with van der Waals surface area (Å²) in [4.78, 5) is 17.1. The van der Waals surface area contributed by atoms with Crippen LogP contribution in [-0.2, 0) is 10.0 Å². The number of thiazole rings is 1. The van der Waals surface area contributed by atoms with Crippen LogP contribution in [0.1, 0.15) is 20.9 Å². The fourth-order valence-corrected chi connectivity index (χ4v) is 4.72. The summed E-state index contributed by atoms with van der Waals surface area (Å²) >= 11 is 7.04. The van der Waals surface area contributed by atoms with Gasteiger partial charge in [-0.05, 0) is 55.8 Å².